The number of benzene rings is 2. The van der Waals surface area contributed by atoms with Crippen molar-refractivity contribution < 1.29 is 19.1 Å². The first-order valence-electron chi connectivity index (χ1n) is 10.3. The zero-order chi connectivity index (χ0) is 23.4. The molecule has 1 aromatic heterocycles. The van der Waals surface area contributed by atoms with E-state index in [-0.39, 0.29) is 18.3 Å². The molecule has 10 heteroatoms. The maximum absolute atomic E-state index is 13.3. The lowest BCUT2D eigenvalue weighted by Crippen LogP contribution is -2.32. The minimum atomic E-state index is -0.991. The molecule has 2 aromatic carbocycles. The number of aromatic nitrogens is 1. The number of aryl methyl sites for hydroxylation is 1. The number of hydrogen-bond acceptors (Lipinski definition) is 8. The van der Waals surface area contributed by atoms with E-state index in [0.717, 1.165) is 44.9 Å². The molecule has 0 aliphatic carbocycles. The second kappa shape index (κ2) is 10.5. The molecule has 33 heavy (non-hydrogen) atoms. The van der Waals surface area contributed by atoms with Crippen molar-refractivity contribution in [1.82, 2.24) is 4.98 Å². The van der Waals surface area contributed by atoms with Crippen LogP contribution in [-0.4, -0.2) is 44.8 Å². The number of hydrogen-bond donors (Lipinski definition) is 0. The van der Waals surface area contributed by atoms with E-state index < -0.39 is 17.1 Å². The number of para-hydroxylation sites is 1. The molecule has 3 aromatic rings. The quantitative estimate of drug-likeness (QED) is 0.351. The first-order chi connectivity index (χ1) is 16.0. The summed E-state index contributed by atoms with van der Waals surface area (Å²) in [6.45, 7) is 4.25. The SMILES string of the molecule is CCOC(=O)[C@H]1SC(SCC(=O)N(Cc2ccccc2)c2nc3c(C)cccc3s2)=NC1=O. The average molecular weight is 500 g/mol. The van der Waals surface area contributed by atoms with E-state index in [0.29, 0.717) is 16.1 Å². The van der Waals surface area contributed by atoms with Gasteiger partial charge in [0.1, 0.15) is 4.38 Å². The predicted molar refractivity (Wildman–Crippen MR) is 135 cm³/mol. The monoisotopic (exact) mass is 499 g/mol. The molecule has 2 amide bonds. The topological polar surface area (TPSA) is 88.9 Å². The Bertz CT molecular complexity index is 1230. The Balaban J connectivity index is 1.51. The van der Waals surface area contributed by atoms with E-state index in [4.69, 9.17) is 9.72 Å². The number of fused-ring (bicyclic) bond motifs is 1. The lowest BCUT2D eigenvalue weighted by Gasteiger charge is -2.20. The highest BCUT2D eigenvalue weighted by Crippen LogP contribution is 2.33. The van der Waals surface area contributed by atoms with Crippen molar-refractivity contribution in [3.05, 3.63) is 59.7 Å². The zero-order valence-electron chi connectivity index (χ0n) is 18.0. The number of rotatable bonds is 7. The summed E-state index contributed by atoms with van der Waals surface area (Å²) in [5, 5.41) is -0.370. The van der Waals surface area contributed by atoms with Gasteiger partial charge >= 0.3 is 5.97 Å². The Labute approximate surface area is 203 Å². The summed E-state index contributed by atoms with van der Waals surface area (Å²) in [5.74, 6) is -1.24. The minimum Gasteiger partial charge on any atom is -0.465 e. The molecule has 0 saturated carbocycles. The molecule has 0 fully saturated rings. The molecule has 1 atom stereocenters. The molecule has 0 radical (unpaired) electrons. The third kappa shape index (κ3) is 5.45. The standard InChI is InChI=1S/C23H21N3O4S3/c1-3-30-21(29)19-20(28)25-23(33-19)31-13-17(27)26(12-15-9-5-4-6-10-15)22-24-18-14(2)8-7-11-16(18)32-22/h4-11,19H,3,12-13H2,1-2H3/t19-/m0/s1. The summed E-state index contributed by atoms with van der Waals surface area (Å²) in [6, 6.07) is 15.7. The van der Waals surface area contributed by atoms with Crippen LogP contribution >= 0.6 is 34.9 Å². The van der Waals surface area contributed by atoms with Crippen molar-refractivity contribution in [3.63, 3.8) is 0 Å². The summed E-state index contributed by atoms with van der Waals surface area (Å²) in [7, 11) is 0. The maximum Gasteiger partial charge on any atom is 0.329 e. The Kier molecular flexibility index (Phi) is 7.46. The van der Waals surface area contributed by atoms with Crippen molar-refractivity contribution in [1.29, 1.82) is 0 Å². The molecular formula is C23H21N3O4S3. The number of carbonyl (C=O) groups is 3. The third-order valence-electron chi connectivity index (χ3n) is 4.79. The Hall–Kier alpha value is -2.69. The second-order valence-corrected chi connectivity index (χ2v) is 10.5. The van der Waals surface area contributed by atoms with Crippen molar-refractivity contribution in [2.75, 3.05) is 17.3 Å². The lowest BCUT2D eigenvalue weighted by atomic mass is 10.2. The van der Waals surface area contributed by atoms with Crippen molar-refractivity contribution in [3.8, 4) is 0 Å². The fraction of sp³-hybridized carbons (Fsp3) is 0.261. The zero-order valence-corrected chi connectivity index (χ0v) is 20.5. The summed E-state index contributed by atoms with van der Waals surface area (Å²) < 4.78 is 6.34. The van der Waals surface area contributed by atoms with E-state index in [1.165, 1.54) is 11.3 Å². The van der Waals surface area contributed by atoms with Gasteiger partial charge in [-0.2, -0.15) is 4.99 Å². The molecule has 1 aliphatic heterocycles. The highest BCUT2D eigenvalue weighted by atomic mass is 32.2. The summed E-state index contributed by atoms with van der Waals surface area (Å²) in [5.41, 5.74) is 2.92. The number of thiazole rings is 1. The minimum absolute atomic E-state index is 0.0659. The van der Waals surface area contributed by atoms with Gasteiger partial charge in [0, 0.05) is 0 Å². The Morgan fingerprint density at radius 1 is 1.15 bits per heavy atom. The number of aliphatic imine (C=N–C) groups is 1. The van der Waals surface area contributed by atoms with Gasteiger partial charge in [-0.25, -0.2) is 4.98 Å². The molecule has 2 heterocycles. The Morgan fingerprint density at radius 3 is 2.67 bits per heavy atom. The van der Waals surface area contributed by atoms with Crippen LogP contribution in [0.15, 0.2) is 53.5 Å². The van der Waals surface area contributed by atoms with Crippen LogP contribution in [0.5, 0.6) is 0 Å². The molecule has 0 spiro atoms. The molecule has 170 valence electrons. The van der Waals surface area contributed by atoms with Crippen molar-refractivity contribution >= 4 is 72.4 Å². The number of thioether (sulfide) groups is 2. The molecule has 0 unspecified atom stereocenters. The number of nitrogens with zero attached hydrogens (tertiary/aromatic N) is 3. The van der Waals surface area contributed by atoms with Crippen LogP contribution in [0.25, 0.3) is 10.2 Å². The molecule has 4 rings (SSSR count). The molecule has 0 saturated heterocycles. The van der Waals surface area contributed by atoms with Crippen molar-refractivity contribution in [2.24, 2.45) is 4.99 Å². The average Bonchev–Trinajstić information content (AvgIpc) is 3.41. The summed E-state index contributed by atoms with van der Waals surface area (Å²) in [4.78, 5) is 47.6. The van der Waals surface area contributed by atoms with Gasteiger partial charge in [-0.1, -0.05) is 77.3 Å². The number of amides is 2. The fourth-order valence-electron chi connectivity index (χ4n) is 3.18. The summed E-state index contributed by atoms with van der Waals surface area (Å²) >= 11 is 3.65. The van der Waals surface area contributed by atoms with Crippen LogP contribution in [0.3, 0.4) is 0 Å². The van der Waals surface area contributed by atoms with Crippen LogP contribution in [0, 0.1) is 6.92 Å². The third-order valence-corrected chi connectivity index (χ3v) is 8.13. The normalized spacial score (nSPS) is 15.5. The first-order valence-corrected chi connectivity index (χ1v) is 12.9. The van der Waals surface area contributed by atoms with Gasteiger partial charge in [0.05, 0.1) is 29.1 Å². The van der Waals surface area contributed by atoms with Crippen LogP contribution in [0.4, 0.5) is 5.13 Å². The van der Waals surface area contributed by atoms with Crippen LogP contribution < -0.4 is 4.90 Å². The number of esters is 1. The van der Waals surface area contributed by atoms with E-state index in [1.807, 2.05) is 55.5 Å². The number of carbonyl (C=O) groups excluding carboxylic acids is 3. The van der Waals surface area contributed by atoms with Gasteiger partial charge in [-0.05, 0) is 31.0 Å². The molecule has 0 bridgehead atoms. The van der Waals surface area contributed by atoms with Gasteiger partial charge in [0.15, 0.2) is 10.4 Å². The van der Waals surface area contributed by atoms with Gasteiger partial charge in [0.2, 0.25) is 5.91 Å². The fourth-order valence-corrected chi connectivity index (χ4v) is 6.20. The highest BCUT2D eigenvalue weighted by molar-refractivity contribution is 8.40. The van der Waals surface area contributed by atoms with Gasteiger partial charge in [0.25, 0.3) is 5.91 Å². The van der Waals surface area contributed by atoms with E-state index in [9.17, 15) is 14.4 Å². The van der Waals surface area contributed by atoms with E-state index >= 15 is 0 Å². The van der Waals surface area contributed by atoms with Crippen LogP contribution in [0.1, 0.15) is 18.1 Å². The highest BCUT2D eigenvalue weighted by Gasteiger charge is 2.36. The van der Waals surface area contributed by atoms with Gasteiger partial charge < -0.3 is 4.74 Å². The van der Waals surface area contributed by atoms with Crippen LogP contribution in [0.2, 0.25) is 0 Å². The smallest absolute Gasteiger partial charge is 0.329 e. The van der Waals surface area contributed by atoms with E-state index in [1.54, 1.807) is 11.8 Å². The lowest BCUT2D eigenvalue weighted by molar-refractivity contribution is -0.144. The molecule has 0 N–H and O–H groups in total. The molecular weight excluding hydrogens is 478 g/mol. The van der Waals surface area contributed by atoms with Crippen LogP contribution in [-0.2, 0) is 25.7 Å². The number of anilines is 1. The molecule has 1 aliphatic rings. The predicted octanol–water partition coefficient (Wildman–Crippen LogP) is 4.43. The van der Waals surface area contributed by atoms with Gasteiger partial charge in [-0.3, -0.25) is 19.3 Å². The van der Waals surface area contributed by atoms with Gasteiger partial charge in [-0.15, -0.1) is 0 Å². The largest absolute Gasteiger partial charge is 0.465 e. The number of ether oxygens (including phenoxy) is 1. The van der Waals surface area contributed by atoms with E-state index in [2.05, 4.69) is 4.99 Å². The Morgan fingerprint density at radius 2 is 1.94 bits per heavy atom. The second-order valence-electron chi connectivity index (χ2n) is 7.14. The first kappa shape index (κ1) is 23.5. The molecule has 7 nitrogen and oxygen atoms in total. The maximum atomic E-state index is 13.3. The summed E-state index contributed by atoms with van der Waals surface area (Å²) in [6.07, 6.45) is 0. The van der Waals surface area contributed by atoms with Crippen molar-refractivity contribution in [2.45, 2.75) is 25.6 Å².